The summed E-state index contributed by atoms with van der Waals surface area (Å²) in [6, 6.07) is 0. The fourth-order valence-electron chi connectivity index (χ4n) is 0.222. The van der Waals surface area contributed by atoms with E-state index in [0.29, 0.717) is 0 Å². The number of carbonyl (C=O) groups is 2. The Morgan fingerprint density at radius 3 is 1.67 bits per heavy atom. The van der Waals surface area contributed by atoms with E-state index in [1.807, 2.05) is 0 Å². The summed E-state index contributed by atoms with van der Waals surface area (Å²) in [6.07, 6.45) is 0. The molecule has 8 heteroatoms. The molecule has 0 aromatic heterocycles. The maximum Gasteiger partial charge on any atom is 0.746 e. The number of hydrogen-bond acceptors (Lipinski definition) is 5. The van der Waals surface area contributed by atoms with Crippen LogP contribution in [0.15, 0.2) is 0 Å². The molecule has 0 atom stereocenters. The first-order chi connectivity index (χ1) is 5.52. The third-order valence-corrected chi connectivity index (χ3v) is 1.01. The van der Waals surface area contributed by atoms with Crippen molar-refractivity contribution < 1.29 is 23.4 Å². The Labute approximate surface area is 69.3 Å². The summed E-state index contributed by atoms with van der Waals surface area (Å²) in [6.45, 7) is 2.34. The van der Waals surface area contributed by atoms with Gasteiger partial charge < -0.3 is 0 Å². The molecule has 0 aromatic carbocycles. The van der Waals surface area contributed by atoms with Crippen LogP contribution in [0.3, 0.4) is 0 Å². The Balaban J connectivity index is 3.47. The molecule has 0 aliphatic carbocycles. The van der Waals surface area contributed by atoms with Crippen LogP contribution in [0.5, 0.6) is 0 Å². The van der Waals surface area contributed by atoms with Crippen LogP contribution in [0.4, 0.5) is 0 Å². The van der Waals surface area contributed by atoms with Gasteiger partial charge in [0.05, 0.1) is 0 Å². The van der Waals surface area contributed by atoms with Crippen LogP contribution in [0.25, 0.3) is 0 Å². The van der Waals surface area contributed by atoms with E-state index in [9.17, 15) is 14.2 Å². The van der Waals surface area contributed by atoms with Gasteiger partial charge in [-0.1, -0.05) is 0 Å². The number of rotatable bonds is 4. The normalized spacial score (nSPS) is 8.83. The van der Waals surface area contributed by atoms with Crippen LogP contribution in [0, 0.1) is 0 Å². The van der Waals surface area contributed by atoms with Gasteiger partial charge in [0.1, 0.15) is 0 Å². The van der Waals surface area contributed by atoms with Crippen molar-refractivity contribution in [1.82, 2.24) is 11.0 Å². The van der Waals surface area contributed by atoms with E-state index in [1.165, 1.54) is 13.8 Å². The molecule has 0 spiro atoms. The Morgan fingerprint density at radius 1 is 1.08 bits per heavy atom. The summed E-state index contributed by atoms with van der Waals surface area (Å²) in [5.74, 6) is -1.05. The monoisotopic (exact) mass is 195 g/mol. The highest BCUT2D eigenvalue weighted by Gasteiger charge is 2.23. The molecule has 0 unspecified atom stereocenters. The highest BCUT2D eigenvalue weighted by molar-refractivity contribution is 7.33. The second kappa shape index (κ2) is 5.59. The van der Waals surface area contributed by atoms with E-state index in [2.05, 4.69) is 9.25 Å². The molecular formula is C4H8N2O5P+. The standard InChI is InChI=1S/C4H7N2O5P/c1-3(7)5-10-12(9)11-6-4(2)8/h1-2H3,(H-,5,6,7,8)/p+1. The van der Waals surface area contributed by atoms with Gasteiger partial charge in [0.2, 0.25) is 11.8 Å². The summed E-state index contributed by atoms with van der Waals surface area (Å²) >= 11 is 0. The van der Waals surface area contributed by atoms with Gasteiger partial charge in [-0.3, -0.25) is 9.59 Å². The van der Waals surface area contributed by atoms with Crippen molar-refractivity contribution in [3.8, 4) is 0 Å². The van der Waals surface area contributed by atoms with Crippen molar-refractivity contribution >= 4 is 20.1 Å². The maximum atomic E-state index is 10.5. The molecule has 0 fully saturated rings. The number of hydrogen-bond donors (Lipinski definition) is 2. The lowest BCUT2D eigenvalue weighted by Crippen LogP contribution is -2.20. The van der Waals surface area contributed by atoms with Crippen molar-refractivity contribution in [3.63, 3.8) is 0 Å². The average molecular weight is 195 g/mol. The van der Waals surface area contributed by atoms with Crippen LogP contribution in [-0.4, -0.2) is 11.8 Å². The fraction of sp³-hybridized carbons (Fsp3) is 0.500. The summed E-state index contributed by atoms with van der Waals surface area (Å²) in [4.78, 5) is 20.4. The van der Waals surface area contributed by atoms with Crippen LogP contribution >= 0.6 is 8.25 Å². The minimum absolute atomic E-state index is 0.523. The number of nitrogens with one attached hydrogen (secondary N) is 2. The topological polar surface area (TPSA) is 93.7 Å². The molecule has 0 saturated carbocycles. The SMILES string of the molecule is CC(=O)NO[P+](=O)ONC(C)=O. The van der Waals surface area contributed by atoms with Crippen LogP contribution in [0.2, 0.25) is 0 Å². The van der Waals surface area contributed by atoms with Crippen LogP contribution in [0.1, 0.15) is 13.8 Å². The second-order valence-electron chi connectivity index (χ2n) is 1.72. The Kier molecular flexibility index (Phi) is 5.11. The molecule has 7 nitrogen and oxygen atoms in total. The molecule has 2 amide bonds. The maximum absolute atomic E-state index is 10.5. The zero-order valence-corrected chi connectivity index (χ0v) is 7.38. The highest BCUT2D eigenvalue weighted by atomic mass is 31.1. The summed E-state index contributed by atoms with van der Waals surface area (Å²) in [5.41, 5.74) is 3.54. The highest BCUT2D eigenvalue weighted by Crippen LogP contribution is 2.18. The van der Waals surface area contributed by atoms with Gasteiger partial charge in [-0.05, 0) is 0 Å². The first-order valence-corrected chi connectivity index (χ1v) is 3.96. The average Bonchev–Trinajstić information content (AvgIpc) is 1.96. The molecule has 0 radical (unpaired) electrons. The summed E-state index contributed by atoms with van der Waals surface area (Å²) in [7, 11) is -2.56. The van der Waals surface area contributed by atoms with E-state index >= 15 is 0 Å². The molecule has 68 valence electrons. The van der Waals surface area contributed by atoms with E-state index in [4.69, 9.17) is 0 Å². The van der Waals surface area contributed by atoms with Gasteiger partial charge in [-0.15, -0.1) is 0 Å². The zero-order valence-electron chi connectivity index (χ0n) is 6.49. The van der Waals surface area contributed by atoms with Gasteiger partial charge in [-0.25, -0.2) is 0 Å². The predicted molar refractivity (Wildman–Crippen MR) is 37.4 cm³/mol. The van der Waals surface area contributed by atoms with Crippen molar-refractivity contribution in [2.24, 2.45) is 0 Å². The predicted octanol–water partition coefficient (Wildman–Crippen LogP) is -0.221. The lowest BCUT2D eigenvalue weighted by molar-refractivity contribution is -0.127. The molecule has 0 heterocycles. The van der Waals surface area contributed by atoms with Crippen LogP contribution < -0.4 is 11.0 Å². The molecule has 0 aliphatic heterocycles. The van der Waals surface area contributed by atoms with Crippen molar-refractivity contribution in [2.45, 2.75) is 13.8 Å². The Bertz CT molecular complexity index is 186. The Hall–Kier alpha value is -1.04. The van der Waals surface area contributed by atoms with Gasteiger partial charge in [-0.2, -0.15) is 11.0 Å². The van der Waals surface area contributed by atoms with Crippen molar-refractivity contribution in [2.75, 3.05) is 0 Å². The molecule has 12 heavy (non-hydrogen) atoms. The molecule has 0 bridgehead atoms. The second-order valence-corrected chi connectivity index (χ2v) is 2.54. The van der Waals surface area contributed by atoms with Gasteiger partial charge >= 0.3 is 8.25 Å². The number of hydroxylamine groups is 2. The Morgan fingerprint density at radius 2 is 1.42 bits per heavy atom. The summed E-state index contributed by atoms with van der Waals surface area (Å²) < 4.78 is 18.8. The zero-order chi connectivity index (χ0) is 9.56. The third-order valence-electron chi connectivity index (χ3n) is 0.528. The molecule has 0 rings (SSSR count). The summed E-state index contributed by atoms with van der Waals surface area (Å²) in [5, 5.41) is 0. The van der Waals surface area contributed by atoms with Crippen molar-refractivity contribution in [1.29, 1.82) is 0 Å². The molecule has 2 N–H and O–H groups in total. The van der Waals surface area contributed by atoms with Gasteiger partial charge in [0.15, 0.2) is 0 Å². The molecular weight excluding hydrogens is 187 g/mol. The first kappa shape index (κ1) is 11.0. The third kappa shape index (κ3) is 7.07. The molecule has 0 aromatic rings. The van der Waals surface area contributed by atoms with E-state index in [0.717, 1.165) is 0 Å². The van der Waals surface area contributed by atoms with Crippen LogP contribution in [-0.2, 0) is 23.4 Å². The van der Waals surface area contributed by atoms with Gasteiger partial charge in [0, 0.05) is 27.7 Å². The molecule has 0 aliphatic rings. The minimum Gasteiger partial charge on any atom is -0.273 e. The lowest BCUT2D eigenvalue weighted by atomic mass is 10.8. The smallest absolute Gasteiger partial charge is 0.273 e. The fourth-order valence-corrected chi connectivity index (χ4v) is 0.665. The van der Waals surface area contributed by atoms with Crippen molar-refractivity contribution in [3.05, 3.63) is 0 Å². The van der Waals surface area contributed by atoms with E-state index < -0.39 is 20.1 Å². The minimum atomic E-state index is -2.56. The molecule has 0 saturated heterocycles. The number of amides is 2. The van der Waals surface area contributed by atoms with Gasteiger partial charge in [0.25, 0.3) is 0 Å². The first-order valence-electron chi connectivity index (χ1n) is 2.86. The van der Waals surface area contributed by atoms with E-state index in [1.54, 1.807) is 11.0 Å². The number of carbonyl (C=O) groups excluding carboxylic acids is 2. The quantitative estimate of drug-likeness (QED) is 0.477. The van der Waals surface area contributed by atoms with E-state index in [-0.39, 0.29) is 0 Å². The lowest BCUT2D eigenvalue weighted by Gasteiger charge is -1.89. The largest absolute Gasteiger partial charge is 0.746 e.